The molecule has 0 amide bonds. The molecule has 1 N–H and O–H groups in total. The molecule has 0 bridgehead atoms. The van der Waals surface area contributed by atoms with E-state index in [0.717, 1.165) is 24.5 Å². The molecule has 2 rings (SSSR count). The van der Waals surface area contributed by atoms with Crippen LogP contribution in [0.1, 0.15) is 19.4 Å². The van der Waals surface area contributed by atoms with Gasteiger partial charge in [0.25, 0.3) is 0 Å². The molecule has 0 fully saturated rings. The van der Waals surface area contributed by atoms with Gasteiger partial charge in [-0.25, -0.2) is 9.67 Å². The van der Waals surface area contributed by atoms with Gasteiger partial charge in [-0.2, -0.15) is 5.10 Å². The van der Waals surface area contributed by atoms with E-state index in [1.54, 1.807) is 17.1 Å². The molecule has 0 aliphatic heterocycles. The predicted octanol–water partition coefficient (Wildman–Crippen LogP) is 2.67. The minimum Gasteiger partial charge on any atom is -0.312 e. The van der Waals surface area contributed by atoms with Crippen molar-refractivity contribution in [1.29, 1.82) is 0 Å². The summed E-state index contributed by atoms with van der Waals surface area (Å²) in [6, 6.07) is 3.99. The van der Waals surface area contributed by atoms with Crippen LogP contribution in [0.4, 0.5) is 0 Å². The van der Waals surface area contributed by atoms with E-state index in [1.165, 1.54) is 0 Å². The number of rotatable bonds is 5. The zero-order chi connectivity index (χ0) is 13.0. The molecule has 2 heterocycles. The van der Waals surface area contributed by atoms with Gasteiger partial charge in [0.05, 0.1) is 17.4 Å². The van der Waals surface area contributed by atoms with Crippen molar-refractivity contribution in [3.63, 3.8) is 0 Å². The van der Waals surface area contributed by atoms with Crippen LogP contribution in [-0.2, 0) is 6.54 Å². The second-order valence-electron chi connectivity index (χ2n) is 4.65. The molecule has 2 aromatic heterocycles. The molecule has 2 aromatic rings. The Morgan fingerprint density at radius 2 is 2.17 bits per heavy atom. The number of pyridine rings is 1. The van der Waals surface area contributed by atoms with Gasteiger partial charge in [-0.15, -0.1) is 0 Å². The molecule has 0 aliphatic carbocycles. The van der Waals surface area contributed by atoms with E-state index in [4.69, 9.17) is 11.6 Å². The Hall–Kier alpha value is -1.39. The number of halogens is 1. The summed E-state index contributed by atoms with van der Waals surface area (Å²) in [7, 11) is 0. The van der Waals surface area contributed by atoms with E-state index in [1.807, 2.05) is 18.3 Å². The first-order chi connectivity index (χ1) is 8.65. The molecular weight excluding hydrogens is 248 g/mol. The number of hydrogen-bond donors (Lipinski definition) is 1. The number of nitrogens with zero attached hydrogens (tertiary/aromatic N) is 3. The standard InChI is InChI=1S/C13H17ClN4/c1-10(2)5-15-6-11-3-4-13(16-7-11)18-9-12(14)8-17-18/h3-4,7-10,15H,5-6H2,1-2H3. The smallest absolute Gasteiger partial charge is 0.153 e. The lowest BCUT2D eigenvalue weighted by Gasteiger charge is -2.07. The fourth-order valence-electron chi connectivity index (χ4n) is 1.59. The second-order valence-corrected chi connectivity index (χ2v) is 5.09. The maximum atomic E-state index is 5.82. The summed E-state index contributed by atoms with van der Waals surface area (Å²) in [5, 5.41) is 8.10. The van der Waals surface area contributed by atoms with Crippen LogP contribution >= 0.6 is 11.6 Å². The normalized spacial score (nSPS) is 11.1. The van der Waals surface area contributed by atoms with Gasteiger partial charge in [0.2, 0.25) is 0 Å². The van der Waals surface area contributed by atoms with E-state index >= 15 is 0 Å². The van der Waals surface area contributed by atoms with Crippen molar-refractivity contribution >= 4 is 11.6 Å². The predicted molar refractivity (Wildman–Crippen MR) is 72.9 cm³/mol. The molecule has 0 radical (unpaired) electrons. The Bertz CT molecular complexity index is 490. The zero-order valence-corrected chi connectivity index (χ0v) is 11.4. The first kappa shape index (κ1) is 13.1. The molecule has 0 atom stereocenters. The number of hydrogen-bond acceptors (Lipinski definition) is 3. The summed E-state index contributed by atoms with van der Waals surface area (Å²) in [4.78, 5) is 4.36. The highest BCUT2D eigenvalue weighted by Crippen LogP contribution is 2.10. The van der Waals surface area contributed by atoms with Crippen LogP contribution in [0.2, 0.25) is 5.02 Å². The molecule has 5 heteroatoms. The Morgan fingerprint density at radius 1 is 1.33 bits per heavy atom. The minimum atomic E-state index is 0.611. The molecule has 18 heavy (non-hydrogen) atoms. The Balaban J connectivity index is 1.97. The van der Waals surface area contributed by atoms with Gasteiger partial charge in [-0.3, -0.25) is 0 Å². The van der Waals surface area contributed by atoms with Crippen molar-refractivity contribution in [1.82, 2.24) is 20.1 Å². The summed E-state index contributed by atoms with van der Waals surface area (Å²) in [6.07, 6.45) is 5.19. The molecule has 4 nitrogen and oxygen atoms in total. The van der Waals surface area contributed by atoms with Crippen LogP contribution in [0.3, 0.4) is 0 Å². The van der Waals surface area contributed by atoms with Crippen molar-refractivity contribution in [3.8, 4) is 5.82 Å². The second kappa shape index (κ2) is 5.98. The Labute approximate surface area is 112 Å². The van der Waals surface area contributed by atoms with Crippen LogP contribution in [0.15, 0.2) is 30.7 Å². The van der Waals surface area contributed by atoms with Crippen molar-refractivity contribution in [2.75, 3.05) is 6.54 Å². The van der Waals surface area contributed by atoms with Crippen molar-refractivity contribution in [2.24, 2.45) is 5.92 Å². The van der Waals surface area contributed by atoms with E-state index < -0.39 is 0 Å². The fraction of sp³-hybridized carbons (Fsp3) is 0.385. The zero-order valence-electron chi connectivity index (χ0n) is 10.6. The Kier molecular flexibility index (Phi) is 4.33. The van der Waals surface area contributed by atoms with Crippen LogP contribution in [0, 0.1) is 5.92 Å². The lowest BCUT2D eigenvalue weighted by molar-refractivity contribution is 0.552. The molecule has 0 unspecified atom stereocenters. The third-order valence-electron chi connectivity index (χ3n) is 2.48. The van der Waals surface area contributed by atoms with Gasteiger partial charge in [0.15, 0.2) is 5.82 Å². The van der Waals surface area contributed by atoms with Gasteiger partial charge < -0.3 is 5.32 Å². The molecule has 96 valence electrons. The highest BCUT2D eigenvalue weighted by Gasteiger charge is 2.01. The Morgan fingerprint density at radius 3 is 2.72 bits per heavy atom. The van der Waals surface area contributed by atoms with Crippen LogP contribution in [0.5, 0.6) is 0 Å². The average Bonchev–Trinajstić information content (AvgIpc) is 2.76. The van der Waals surface area contributed by atoms with E-state index in [0.29, 0.717) is 10.9 Å². The van der Waals surface area contributed by atoms with Gasteiger partial charge in [-0.1, -0.05) is 31.5 Å². The summed E-state index contributed by atoms with van der Waals surface area (Å²) < 4.78 is 1.66. The van der Waals surface area contributed by atoms with Gasteiger partial charge >= 0.3 is 0 Å². The van der Waals surface area contributed by atoms with Crippen LogP contribution < -0.4 is 5.32 Å². The molecule has 0 saturated heterocycles. The minimum absolute atomic E-state index is 0.611. The van der Waals surface area contributed by atoms with Crippen LogP contribution in [0.25, 0.3) is 5.82 Å². The molecule has 0 saturated carbocycles. The number of aromatic nitrogens is 3. The van der Waals surface area contributed by atoms with E-state index in [-0.39, 0.29) is 0 Å². The lowest BCUT2D eigenvalue weighted by Crippen LogP contribution is -2.19. The summed E-state index contributed by atoms with van der Waals surface area (Å²) in [6.45, 7) is 6.23. The largest absolute Gasteiger partial charge is 0.312 e. The lowest BCUT2D eigenvalue weighted by atomic mass is 10.2. The van der Waals surface area contributed by atoms with Gasteiger partial charge in [0.1, 0.15) is 0 Å². The fourth-order valence-corrected chi connectivity index (χ4v) is 1.72. The quantitative estimate of drug-likeness (QED) is 0.903. The third kappa shape index (κ3) is 3.55. The topological polar surface area (TPSA) is 42.7 Å². The maximum Gasteiger partial charge on any atom is 0.153 e. The summed E-state index contributed by atoms with van der Waals surface area (Å²) in [5.74, 6) is 1.43. The maximum absolute atomic E-state index is 5.82. The monoisotopic (exact) mass is 264 g/mol. The number of nitrogens with one attached hydrogen (secondary N) is 1. The van der Waals surface area contributed by atoms with Gasteiger partial charge in [-0.05, 0) is 24.1 Å². The highest BCUT2D eigenvalue weighted by molar-refractivity contribution is 6.30. The van der Waals surface area contributed by atoms with Gasteiger partial charge in [0, 0.05) is 12.7 Å². The van der Waals surface area contributed by atoms with Crippen molar-refractivity contribution in [3.05, 3.63) is 41.3 Å². The van der Waals surface area contributed by atoms with Crippen molar-refractivity contribution in [2.45, 2.75) is 20.4 Å². The highest BCUT2D eigenvalue weighted by atomic mass is 35.5. The molecule has 0 aromatic carbocycles. The summed E-state index contributed by atoms with van der Waals surface area (Å²) in [5.41, 5.74) is 1.16. The molecule has 0 spiro atoms. The van der Waals surface area contributed by atoms with Crippen molar-refractivity contribution < 1.29 is 0 Å². The first-order valence-electron chi connectivity index (χ1n) is 6.01. The summed E-state index contributed by atoms with van der Waals surface area (Å²) >= 11 is 5.82. The van der Waals surface area contributed by atoms with Crippen LogP contribution in [-0.4, -0.2) is 21.3 Å². The first-order valence-corrected chi connectivity index (χ1v) is 6.39. The average molecular weight is 265 g/mol. The van der Waals surface area contributed by atoms with E-state index in [9.17, 15) is 0 Å². The third-order valence-corrected chi connectivity index (χ3v) is 2.67. The molecular formula is C13H17ClN4. The SMILES string of the molecule is CC(C)CNCc1ccc(-n2cc(Cl)cn2)nc1. The van der Waals surface area contributed by atoms with E-state index in [2.05, 4.69) is 29.2 Å². The molecule has 0 aliphatic rings.